The van der Waals surface area contributed by atoms with Crippen LogP contribution in [0.4, 0.5) is 0 Å². The van der Waals surface area contributed by atoms with Crippen molar-refractivity contribution >= 4 is 53.9 Å². The van der Waals surface area contributed by atoms with Gasteiger partial charge in [0, 0.05) is 57.2 Å². The summed E-state index contributed by atoms with van der Waals surface area (Å²) in [4.78, 5) is 9.30. The SMILES string of the molecule is [2H]C([2H])([2H])c1c[c-]c(-c2ccc(C([2H])([2H])[2H])cn2)cc1.[2H]C([2H])([2H])c1ccnc2c3[c-]cccc3c3ccc4sc(C([2H])([2H])C(C)(C)C)cc4c3c12.[Ir]. The minimum absolute atomic E-state index is 0. The molecular formula is C38H34IrN2S-2. The first-order chi connectivity index (χ1) is 24.1. The van der Waals surface area contributed by atoms with E-state index in [1.807, 2.05) is 57.2 Å². The van der Waals surface area contributed by atoms with Gasteiger partial charge in [0.25, 0.3) is 0 Å². The molecule has 0 saturated carbocycles. The Kier molecular flexibility index (Phi) is 5.44. The molecule has 3 heterocycles. The second-order valence-corrected chi connectivity index (χ2v) is 11.9. The van der Waals surface area contributed by atoms with E-state index in [9.17, 15) is 0 Å². The third kappa shape index (κ3) is 6.03. The van der Waals surface area contributed by atoms with Gasteiger partial charge in [0.15, 0.2) is 0 Å². The van der Waals surface area contributed by atoms with Gasteiger partial charge in [-0.2, -0.15) is 0 Å². The number of rotatable bonds is 2. The van der Waals surface area contributed by atoms with Gasteiger partial charge in [-0.1, -0.05) is 56.6 Å². The Labute approximate surface area is 281 Å². The summed E-state index contributed by atoms with van der Waals surface area (Å²) in [5.41, 5.74) is 1.83. The zero-order valence-corrected chi connectivity index (χ0v) is 26.4. The largest absolute Gasteiger partial charge is 0.304 e. The molecule has 3 aromatic heterocycles. The molecule has 0 spiro atoms. The van der Waals surface area contributed by atoms with Crippen LogP contribution in [0.1, 0.15) is 57.4 Å². The molecule has 1 radical (unpaired) electrons. The number of hydrogen-bond acceptors (Lipinski definition) is 3. The molecule has 0 atom stereocenters. The van der Waals surface area contributed by atoms with E-state index in [4.69, 9.17) is 15.1 Å². The molecule has 0 unspecified atom stereocenters. The van der Waals surface area contributed by atoms with Crippen LogP contribution in [0.3, 0.4) is 0 Å². The van der Waals surface area contributed by atoms with Crippen LogP contribution in [0.15, 0.2) is 85.2 Å². The first-order valence-corrected chi connectivity index (χ1v) is 14.0. The molecule has 0 N–H and O–H groups in total. The van der Waals surface area contributed by atoms with Gasteiger partial charge in [0.1, 0.15) is 0 Å². The fourth-order valence-corrected chi connectivity index (χ4v) is 6.11. The third-order valence-corrected chi connectivity index (χ3v) is 7.65. The molecule has 0 fully saturated rings. The Morgan fingerprint density at radius 3 is 2.43 bits per heavy atom. The fourth-order valence-electron chi connectivity index (χ4n) is 4.94. The maximum Gasteiger partial charge on any atom is 0.0351 e. The van der Waals surface area contributed by atoms with Crippen LogP contribution in [0.5, 0.6) is 0 Å². The second kappa shape index (κ2) is 12.1. The van der Waals surface area contributed by atoms with Crippen molar-refractivity contribution in [2.45, 2.75) is 47.7 Å². The third-order valence-electron chi connectivity index (χ3n) is 6.64. The average Bonchev–Trinajstić information content (AvgIpc) is 3.52. The van der Waals surface area contributed by atoms with Gasteiger partial charge < -0.3 is 9.97 Å². The molecule has 0 aliphatic rings. The molecule has 7 rings (SSSR count). The van der Waals surface area contributed by atoms with Crippen molar-refractivity contribution in [3.8, 4) is 11.3 Å². The Morgan fingerprint density at radius 2 is 1.71 bits per heavy atom. The summed E-state index contributed by atoms with van der Waals surface area (Å²) in [6.07, 6.45) is 1.32. The van der Waals surface area contributed by atoms with Crippen molar-refractivity contribution in [2.75, 3.05) is 0 Å². The van der Waals surface area contributed by atoms with Gasteiger partial charge in [0.2, 0.25) is 0 Å². The second-order valence-electron chi connectivity index (χ2n) is 10.8. The topological polar surface area (TPSA) is 25.8 Å². The normalized spacial score (nSPS) is 16.6. The molecule has 4 aromatic carbocycles. The maximum atomic E-state index is 8.76. The molecule has 7 aromatic rings. The molecule has 213 valence electrons. The van der Waals surface area contributed by atoms with Crippen LogP contribution in [0.25, 0.3) is 53.8 Å². The van der Waals surface area contributed by atoms with E-state index in [2.05, 4.69) is 22.1 Å². The summed E-state index contributed by atoms with van der Waals surface area (Å²) >= 11 is 1.43. The van der Waals surface area contributed by atoms with Gasteiger partial charge in [-0.25, -0.2) is 0 Å². The molecule has 4 heteroatoms. The number of thiophene rings is 1. The van der Waals surface area contributed by atoms with Crippen LogP contribution in [-0.4, -0.2) is 9.97 Å². The summed E-state index contributed by atoms with van der Waals surface area (Å²) < 4.78 is 86.6. The Morgan fingerprint density at radius 1 is 0.857 bits per heavy atom. The summed E-state index contributed by atoms with van der Waals surface area (Å²) in [5, 5.41) is 4.96. The van der Waals surface area contributed by atoms with E-state index < -0.39 is 32.3 Å². The average molecular weight is 754 g/mol. The molecular weight excluding hydrogens is 709 g/mol. The maximum absolute atomic E-state index is 8.76. The standard InChI is InChI=1S/C25H22NS.C13H12N.Ir/c1-15-11-12-26-24-19-8-6-5-7-17(19)18-9-10-21-20(23(18)22(15)24)13-16(27-21)14-25(2,3)4;1-10-3-6-12(7-4-10)13-8-5-11(2)9-14-13;/h5-7,9-13H,14H2,1-4H3;3-6,8-9H,1-2H3;/q2*-1;/i1D3,14D2;1D3,2D3;. The summed E-state index contributed by atoms with van der Waals surface area (Å²) in [7, 11) is 0. The first-order valence-electron chi connectivity index (χ1n) is 18.7. The number of pyridine rings is 2. The molecule has 0 aliphatic heterocycles. The van der Waals surface area contributed by atoms with Gasteiger partial charge >= 0.3 is 0 Å². The number of aromatic nitrogens is 2. The van der Waals surface area contributed by atoms with E-state index >= 15 is 0 Å². The van der Waals surface area contributed by atoms with E-state index in [-0.39, 0.29) is 36.8 Å². The fraction of sp³-hybridized carbons (Fsp3) is 0.211. The van der Waals surface area contributed by atoms with E-state index in [0.29, 0.717) is 27.0 Å². The Hall–Kier alpha value is -3.43. The number of aryl methyl sites for hydroxylation is 3. The van der Waals surface area contributed by atoms with Crippen LogP contribution >= 0.6 is 11.3 Å². The van der Waals surface area contributed by atoms with Crippen LogP contribution in [0.2, 0.25) is 0 Å². The van der Waals surface area contributed by atoms with Crippen LogP contribution in [-0.2, 0) is 26.5 Å². The smallest absolute Gasteiger partial charge is 0.0351 e. The number of nitrogens with zero attached hydrogens (tertiary/aromatic N) is 2. The molecule has 0 bridgehead atoms. The van der Waals surface area contributed by atoms with Crippen molar-refractivity contribution < 1.29 is 35.2 Å². The van der Waals surface area contributed by atoms with Gasteiger partial charge in [-0.05, 0) is 82.2 Å². The van der Waals surface area contributed by atoms with Crippen molar-refractivity contribution in [1.82, 2.24) is 9.97 Å². The van der Waals surface area contributed by atoms with Crippen molar-refractivity contribution in [2.24, 2.45) is 5.41 Å². The van der Waals surface area contributed by atoms with Crippen LogP contribution in [0, 0.1) is 38.1 Å². The molecule has 0 saturated heterocycles. The Balaban J connectivity index is 0.000000223. The predicted molar refractivity (Wildman–Crippen MR) is 177 cm³/mol. The zero-order chi connectivity index (χ0) is 38.0. The first kappa shape index (κ1) is 19.0. The number of benzene rings is 4. The van der Waals surface area contributed by atoms with Gasteiger partial charge in [0.05, 0.1) is 0 Å². The van der Waals surface area contributed by atoms with E-state index in [1.165, 1.54) is 35.7 Å². The number of hydrogen-bond donors (Lipinski definition) is 0. The summed E-state index contributed by atoms with van der Waals surface area (Å²) in [5.74, 6) is 0. The van der Waals surface area contributed by atoms with E-state index in [0.717, 1.165) is 31.6 Å². The van der Waals surface area contributed by atoms with E-state index in [1.54, 1.807) is 24.4 Å². The predicted octanol–water partition coefficient (Wildman–Crippen LogP) is 10.6. The van der Waals surface area contributed by atoms with Crippen molar-refractivity contribution in [1.29, 1.82) is 0 Å². The monoisotopic (exact) mass is 754 g/mol. The van der Waals surface area contributed by atoms with Crippen molar-refractivity contribution in [3.05, 3.63) is 119 Å². The minimum atomic E-state index is -2.31. The molecule has 42 heavy (non-hydrogen) atoms. The quantitative estimate of drug-likeness (QED) is 0.130. The molecule has 2 nitrogen and oxygen atoms in total. The zero-order valence-electron chi connectivity index (χ0n) is 34.2. The minimum Gasteiger partial charge on any atom is -0.304 e. The molecule has 0 amide bonds. The van der Waals surface area contributed by atoms with Crippen molar-refractivity contribution in [3.63, 3.8) is 0 Å². The number of fused-ring (bicyclic) bond motifs is 8. The van der Waals surface area contributed by atoms with Crippen LogP contribution < -0.4 is 0 Å². The Bertz CT molecular complexity index is 2370. The van der Waals surface area contributed by atoms with Gasteiger partial charge in [-0.15, -0.1) is 76.4 Å². The van der Waals surface area contributed by atoms with Gasteiger partial charge in [-0.3, -0.25) is 0 Å². The summed E-state index contributed by atoms with van der Waals surface area (Å²) in [6, 6.07) is 26.9. The summed E-state index contributed by atoms with van der Waals surface area (Å²) in [6.45, 7) is -0.966. The molecule has 0 aliphatic carbocycles.